The van der Waals surface area contributed by atoms with Crippen molar-refractivity contribution < 1.29 is 28.5 Å². The van der Waals surface area contributed by atoms with E-state index in [4.69, 9.17) is 23.6 Å². The molecule has 1 fully saturated rings. The fourth-order valence-corrected chi connectivity index (χ4v) is 7.51. The maximum atomic E-state index is 11.9. The predicted octanol–water partition coefficient (Wildman–Crippen LogP) is 8.30. The predicted molar refractivity (Wildman–Crippen MR) is 172 cm³/mol. The Morgan fingerprint density at radius 2 is 1.77 bits per heavy atom. The molecule has 2 aromatic carbocycles. The lowest BCUT2D eigenvalue weighted by atomic mass is 9.99. The number of nitriles is 1. The summed E-state index contributed by atoms with van der Waals surface area (Å²) in [5.74, 6) is -0.0780. The molecule has 4 rings (SSSR count). The Morgan fingerprint density at radius 3 is 2.30 bits per heavy atom. The molecule has 3 aromatic rings. The van der Waals surface area contributed by atoms with Crippen LogP contribution < -0.4 is 9.47 Å². The van der Waals surface area contributed by atoms with Crippen molar-refractivity contribution in [3.8, 4) is 17.6 Å². The van der Waals surface area contributed by atoms with Crippen molar-refractivity contribution >= 4 is 35.8 Å². The van der Waals surface area contributed by atoms with Crippen LogP contribution in [0.15, 0.2) is 30.3 Å². The molecule has 1 heterocycles. The van der Waals surface area contributed by atoms with Gasteiger partial charge in [0.25, 0.3) is 0 Å². The van der Waals surface area contributed by atoms with Gasteiger partial charge in [-0.15, -0.1) is 11.3 Å². The molecule has 8 nitrogen and oxygen atoms in total. The second kappa shape index (κ2) is 13.8. The monoisotopic (exact) mass is 624 g/mol. The molecule has 0 amide bonds. The summed E-state index contributed by atoms with van der Waals surface area (Å²) in [6.07, 6.45) is 3.82. The molecule has 1 saturated carbocycles. The van der Waals surface area contributed by atoms with Crippen LogP contribution in [0, 0.1) is 11.3 Å². The number of carbonyl (C=O) groups is 1. The Labute approximate surface area is 260 Å². The van der Waals surface area contributed by atoms with E-state index in [-0.39, 0.29) is 16.7 Å². The molecule has 2 unspecified atom stereocenters. The van der Waals surface area contributed by atoms with Gasteiger partial charge in [0.2, 0.25) is 0 Å². The van der Waals surface area contributed by atoms with Gasteiger partial charge in [0, 0.05) is 6.42 Å². The van der Waals surface area contributed by atoms with Crippen LogP contribution in [0.4, 0.5) is 0 Å². The zero-order valence-electron chi connectivity index (χ0n) is 26.4. The lowest BCUT2D eigenvalue weighted by Crippen LogP contribution is -2.45. The normalized spacial score (nSPS) is 15.8. The second-order valence-corrected chi connectivity index (χ2v) is 18.4. The summed E-state index contributed by atoms with van der Waals surface area (Å²) in [5.41, 5.74) is 1.87. The SMILES string of the molecule is CCOc1cc(C(O[Si](C)(C)C(C)(C)C)C(Cc2nc3c(C(=O)O)cccc3s2)OC2CCCC2)cc(OCC)c1C#N. The Bertz CT molecular complexity index is 1440. The van der Waals surface area contributed by atoms with E-state index in [1.165, 1.54) is 11.3 Å². The first-order valence-electron chi connectivity index (χ1n) is 15.2. The molecule has 0 aliphatic heterocycles. The number of hydrogen-bond acceptors (Lipinski definition) is 8. The Morgan fingerprint density at radius 1 is 1.14 bits per heavy atom. The number of carboxylic acids is 1. The molecule has 1 aliphatic carbocycles. The first-order chi connectivity index (χ1) is 20.4. The van der Waals surface area contributed by atoms with Crippen molar-refractivity contribution in [1.82, 2.24) is 4.98 Å². The third kappa shape index (κ3) is 7.58. The minimum absolute atomic E-state index is 0.0759. The van der Waals surface area contributed by atoms with Crippen LogP contribution in [0.3, 0.4) is 0 Å². The van der Waals surface area contributed by atoms with E-state index >= 15 is 0 Å². The third-order valence-corrected chi connectivity index (χ3v) is 13.9. The third-order valence-electron chi connectivity index (χ3n) is 8.43. The molecule has 0 spiro atoms. The van der Waals surface area contributed by atoms with E-state index < -0.39 is 26.5 Å². The summed E-state index contributed by atoms with van der Waals surface area (Å²) in [5, 5.41) is 20.5. The van der Waals surface area contributed by atoms with Crippen LogP contribution in [0.5, 0.6) is 11.5 Å². The number of aromatic carboxylic acids is 1. The summed E-state index contributed by atoms with van der Waals surface area (Å²) < 4.78 is 26.9. The van der Waals surface area contributed by atoms with Crippen LogP contribution >= 0.6 is 11.3 Å². The maximum absolute atomic E-state index is 11.9. The summed E-state index contributed by atoms with van der Waals surface area (Å²) in [4.78, 5) is 16.7. The molecule has 232 valence electrons. The van der Waals surface area contributed by atoms with E-state index in [1.54, 1.807) is 12.1 Å². The molecular formula is C33H44N2O6SSi. The van der Waals surface area contributed by atoms with Gasteiger partial charge in [0.05, 0.1) is 52.3 Å². The van der Waals surface area contributed by atoms with Crippen molar-refractivity contribution in [2.75, 3.05) is 13.2 Å². The highest BCUT2D eigenvalue weighted by atomic mass is 32.1. The molecule has 1 aliphatic rings. The van der Waals surface area contributed by atoms with Crippen LogP contribution in [-0.2, 0) is 15.6 Å². The number of thiazole rings is 1. The lowest BCUT2D eigenvalue weighted by Gasteiger charge is -2.42. The highest BCUT2D eigenvalue weighted by molar-refractivity contribution is 7.18. The van der Waals surface area contributed by atoms with Gasteiger partial charge in [-0.3, -0.25) is 0 Å². The van der Waals surface area contributed by atoms with Gasteiger partial charge < -0.3 is 23.7 Å². The summed E-state index contributed by atoms with van der Waals surface area (Å²) in [6, 6.07) is 11.3. The van der Waals surface area contributed by atoms with E-state index in [0.29, 0.717) is 42.2 Å². The Hall–Kier alpha value is -2.97. The molecule has 0 bridgehead atoms. The largest absolute Gasteiger partial charge is 0.492 e. The van der Waals surface area contributed by atoms with Crippen LogP contribution in [0.1, 0.15) is 92.9 Å². The quantitative estimate of drug-likeness (QED) is 0.189. The minimum Gasteiger partial charge on any atom is -0.492 e. The number of carboxylic acid groups (broad SMARTS) is 1. The number of hydrogen-bond donors (Lipinski definition) is 1. The first kappa shape index (κ1) is 32.9. The van der Waals surface area contributed by atoms with Crippen molar-refractivity contribution in [2.24, 2.45) is 0 Å². The number of aromatic nitrogens is 1. The van der Waals surface area contributed by atoms with Crippen molar-refractivity contribution in [2.45, 2.75) is 103 Å². The average molecular weight is 625 g/mol. The van der Waals surface area contributed by atoms with Gasteiger partial charge in [-0.2, -0.15) is 5.26 Å². The standard InChI is InChI=1S/C33H44N2O6SSi/c1-8-38-25-17-21(18-26(39-9-2)24(25)20-34)31(41-43(6,7)33(3,4)5)27(40-22-13-10-11-14-22)19-29-35-30-23(32(36)37)15-12-16-28(30)42-29/h12,15-18,22,27,31H,8-11,13-14,19H2,1-7H3,(H,36,37). The first-order valence-corrected chi connectivity index (χ1v) is 18.9. The minimum atomic E-state index is -2.36. The Balaban J connectivity index is 1.87. The number of rotatable bonds is 13. The van der Waals surface area contributed by atoms with E-state index in [0.717, 1.165) is 41.0 Å². The number of nitrogens with zero attached hydrogens (tertiary/aromatic N) is 2. The molecule has 43 heavy (non-hydrogen) atoms. The van der Waals surface area contributed by atoms with Crippen molar-refractivity contribution in [1.29, 1.82) is 5.26 Å². The highest BCUT2D eigenvalue weighted by Crippen LogP contribution is 2.44. The van der Waals surface area contributed by atoms with Gasteiger partial charge in [-0.05, 0) is 74.7 Å². The van der Waals surface area contributed by atoms with Crippen LogP contribution in [0.25, 0.3) is 10.2 Å². The summed E-state index contributed by atoms with van der Waals surface area (Å²) in [7, 11) is -2.36. The molecule has 2 atom stereocenters. The average Bonchev–Trinajstić information content (AvgIpc) is 3.60. The fraction of sp³-hybridized carbons (Fsp3) is 0.545. The second-order valence-electron chi connectivity index (χ2n) is 12.5. The fourth-order valence-electron chi connectivity index (χ4n) is 5.20. The van der Waals surface area contributed by atoms with Crippen LogP contribution in [0.2, 0.25) is 18.1 Å². The molecule has 0 saturated heterocycles. The highest BCUT2D eigenvalue weighted by Gasteiger charge is 2.43. The molecular weight excluding hydrogens is 581 g/mol. The van der Waals surface area contributed by atoms with Crippen LogP contribution in [-0.4, -0.2) is 49.8 Å². The molecule has 10 heteroatoms. The summed E-state index contributed by atoms with van der Waals surface area (Å²) in [6.45, 7) is 15.7. The topological polar surface area (TPSA) is 111 Å². The van der Waals surface area contributed by atoms with E-state index in [9.17, 15) is 15.2 Å². The van der Waals surface area contributed by atoms with Gasteiger partial charge >= 0.3 is 5.97 Å². The van der Waals surface area contributed by atoms with Crippen molar-refractivity contribution in [3.05, 3.63) is 52.0 Å². The van der Waals surface area contributed by atoms with Gasteiger partial charge in [0.1, 0.15) is 23.1 Å². The van der Waals surface area contributed by atoms with Crippen molar-refractivity contribution in [3.63, 3.8) is 0 Å². The zero-order valence-corrected chi connectivity index (χ0v) is 28.2. The number of benzene rings is 2. The maximum Gasteiger partial charge on any atom is 0.337 e. The van der Waals surface area contributed by atoms with E-state index in [2.05, 4.69) is 39.9 Å². The number of ether oxygens (including phenoxy) is 3. The molecule has 0 radical (unpaired) electrons. The van der Waals surface area contributed by atoms with Gasteiger partial charge in [-0.1, -0.05) is 39.7 Å². The van der Waals surface area contributed by atoms with Gasteiger partial charge in [-0.25, -0.2) is 9.78 Å². The van der Waals surface area contributed by atoms with E-state index in [1.807, 2.05) is 32.0 Å². The lowest BCUT2D eigenvalue weighted by molar-refractivity contribution is -0.0705. The molecule has 1 N–H and O–H groups in total. The smallest absolute Gasteiger partial charge is 0.337 e. The number of para-hydroxylation sites is 1. The Kier molecular flexibility index (Phi) is 10.5. The van der Waals surface area contributed by atoms with Gasteiger partial charge in [0.15, 0.2) is 8.32 Å². The summed E-state index contributed by atoms with van der Waals surface area (Å²) >= 11 is 1.49. The zero-order chi connectivity index (χ0) is 31.4. The molecule has 1 aromatic heterocycles. The number of fused-ring (bicyclic) bond motifs is 1.